The molecule has 0 saturated heterocycles. The molecule has 1 heterocycles. The molecular formula is C15H12BrN3O2. The summed E-state index contributed by atoms with van der Waals surface area (Å²) in [5.41, 5.74) is 1.10. The highest BCUT2D eigenvalue weighted by Crippen LogP contribution is 2.18. The summed E-state index contributed by atoms with van der Waals surface area (Å²) in [7, 11) is 0. The van der Waals surface area contributed by atoms with Crippen molar-refractivity contribution >= 4 is 32.4 Å². The zero-order chi connectivity index (χ0) is 14.8. The van der Waals surface area contributed by atoms with Crippen molar-refractivity contribution in [1.82, 2.24) is 10.2 Å². The smallest absolute Gasteiger partial charge is 0.272 e. The Balaban J connectivity index is 1.98. The third-order valence-electron chi connectivity index (χ3n) is 3.22. The number of hydrogen-bond donors (Lipinski definition) is 3. The lowest BCUT2D eigenvalue weighted by molar-refractivity contribution is 0.976. The quantitative estimate of drug-likeness (QED) is 0.682. The summed E-state index contributed by atoms with van der Waals surface area (Å²) in [6.07, 6.45) is 0. The molecule has 0 saturated carbocycles. The number of rotatable bonds is 3. The monoisotopic (exact) mass is 345 g/mol. The van der Waals surface area contributed by atoms with Crippen LogP contribution in [0.15, 0.2) is 56.5 Å². The topological polar surface area (TPSA) is 77.8 Å². The molecule has 0 bridgehead atoms. The molecule has 0 fully saturated rings. The Morgan fingerprint density at radius 1 is 0.952 bits per heavy atom. The lowest BCUT2D eigenvalue weighted by Crippen LogP contribution is -2.20. The number of aromatic nitrogens is 2. The van der Waals surface area contributed by atoms with Crippen molar-refractivity contribution in [2.45, 2.75) is 6.54 Å². The van der Waals surface area contributed by atoms with Gasteiger partial charge in [0, 0.05) is 16.7 Å². The molecule has 5 nitrogen and oxygen atoms in total. The highest BCUT2D eigenvalue weighted by Gasteiger charge is 2.07. The first-order chi connectivity index (χ1) is 10.1. The van der Waals surface area contributed by atoms with Crippen LogP contribution in [0.2, 0.25) is 0 Å². The molecule has 3 rings (SSSR count). The Labute approximate surface area is 128 Å². The first-order valence-corrected chi connectivity index (χ1v) is 7.16. The van der Waals surface area contributed by atoms with E-state index in [1.807, 2.05) is 24.3 Å². The molecule has 0 amide bonds. The van der Waals surface area contributed by atoms with Crippen molar-refractivity contribution in [2.24, 2.45) is 0 Å². The molecule has 2 aromatic carbocycles. The van der Waals surface area contributed by atoms with Crippen molar-refractivity contribution in [3.63, 3.8) is 0 Å². The SMILES string of the molecule is O=c1[nH][nH]c(=O)c2c(NCc3ccc(Br)cc3)cccc12. The van der Waals surface area contributed by atoms with Crippen molar-refractivity contribution in [3.05, 3.63) is 73.2 Å². The standard InChI is InChI=1S/C15H12BrN3O2/c16-10-6-4-9(5-7-10)8-17-12-3-1-2-11-13(12)15(21)19-18-14(11)20/h1-7,17H,8H2,(H,18,20)(H,19,21). The maximum absolute atomic E-state index is 11.9. The second kappa shape index (κ2) is 5.57. The van der Waals surface area contributed by atoms with E-state index in [-0.39, 0.29) is 11.1 Å². The van der Waals surface area contributed by atoms with Gasteiger partial charge in [0.25, 0.3) is 11.1 Å². The van der Waals surface area contributed by atoms with Crippen LogP contribution >= 0.6 is 15.9 Å². The van der Waals surface area contributed by atoms with E-state index >= 15 is 0 Å². The van der Waals surface area contributed by atoms with Gasteiger partial charge in [-0.25, -0.2) is 0 Å². The summed E-state index contributed by atoms with van der Waals surface area (Å²) in [6, 6.07) is 13.1. The summed E-state index contributed by atoms with van der Waals surface area (Å²) in [6.45, 7) is 0.568. The van der Waals surface area contributed by atoms with Crippen molar-refractivity contribution in [2.75, 3.05) is 5.32 Å². The summed E-state index contributed by atoms with van der Waals surface area (Å²) in [5.74, 6) is 0. The zero-order valence-electron chi connectivity index (χ0n) is 10.9. The Bertz CT molecular complexity index is 897. The summed E-state index contributed by atoms with van der Waals surface area (Å²) in [5, 5.41) is 8.62. The molecule has 106 valence electrons. The normalized spacial score (nSPS) is 10.7. The first kappa shape index (κ1) is 13.6. The van der Waals surface area contributed by atoms with Crippen LogP contribution < -0.4 is 16.4 Å². The minimum absolute atomic E-state index is 0.308. The second-order valence-corrected chi connectivity index (χ2v) is 5.53. The number of nitrogens with one attached hydrogen (secondary N) is 3. The maximum atomic E-state index is 11.9. The molecule has 3 N–H and O–H groups in total. The molecule has 0 spiro atoms. The van der Waals surface area contributed by atoms with Gasteiger partial charge < -0.3 is 5.32 Å². The lowest BCUT2D eigenvalue weighted by atomic mass is 10.1. The number of anilines is 1. The molecule has 21 heavy (non-hydrogen) atoms. The fourth-order valence-electron chi connectivity index (χ4n) is 2.18. The van der Waals surface area contributed by atoms with E-state index in [0.717, 1.165) is 10.0 Å². The van der Waals surface area contributed by atoms with Gasteiger partial charge >= 0.3 is 0 Å². The highest BCUT2D eigenvalue weighted by molar-refractivity contribution is 9.10. The Hall–Kier alpha value is -2.34. The fraction of sp³-hybridized carbons (Fsp3) is 0.0667. The zero-order valence-corrected chi connectivity index (χ0v) is 12.5. The van der Waals surface area contributed by atoms with Crippen LogP contribution in [0.1, 0.15) is 5.56 Å². The fourth-order valence-corrected chi connectivity index (χ4v) is 2.44. The predicted octanol–water partition coefficient (Wildman–Crippen LogP) is 2.59. The van der Waals surface area contributed by atoms with Crippen molar-refractivity contribution < 1.29 is 0 Å². The van der Waals surface area contributed by atoms with E-state index in [2.05, 4.69) is 31.4 Å². The molecular weight excluding hydrogens is 334 g/mol. The maximum Gasteiger partial charge on any atom is 0.272 e. The third kappa shape index (κ3) is 2.75. The van der Waals surface area contributed by atoms with E-state index in [0.29, 0.717) is 23.0 Å². The van der Waals surface area contributed by atoms with E-state index < -0.39 is 0 Å². The largest absolute Gasteiger partial charge is 0.380 e. The molecule has 0 aliphatic rings. The average molecular weight is 346 g/mol. The molecule has 0 radical (unpaired) electrons. The second-order valence-electron chi connectivity index (χ2n) is 4.62. The van der Waals surface area contributed by atoms with Crippen LogP contribution in [-0.4, -0.2) is 10.2 Å². The number of aromatic amines is 2. The number of H-pyrrole nitrogens is 2. The van der Waals surface area contributed by atoms with Crippen LogP contribution in [0.5, 0.6) is 0 Å². The van der Waals surface area contributed by atoms with Gasteiger partial charge in [-0.1, -0.05) is 34.1 Å². The predicted molar refractivity (Wildman–Crippen MR) is 86.7 cm³/mol. The van der Waals surface area contributed by atoms with Crippen LogP contribution in [0.25, 0.3) is 10.8 Å². The van der Waals surface area contributed by atoms with Crippen LogP contribution in [0.3, 0.4) is 0 Å². The summed E-state index contributed by atoms with van der Waals surface area (Å²) in [4.78, 5) is 23.7. The van der Waals surface area contributed by atoms with Gasteiger partial charge in [0.15, 0.2) is 0 Å². The van der Waals surface area contributed by atoms with Gasteiger partial charge in [0.2, 0.25) is 0 Å². The lowest BCUT2D eigenvalue weighted by Gasteiger charge is -2.09. The molecule has 0 aliphatic heterocycles. The van der Waals surface area contributed by atoms with Crippen molar-refractivity contribution in [3.8, 4) is 0 Å². The summed E-state index contributed by atoms with van der Waals surface area (Å²) < 4.78 is 1.01. The van der Waals surface area contributed by atoms with E-state index in [1.54, 1.807) is 18.2 Å². The number of benzene rings is 2. The van der Waals surface area contributed by atoms with E-state index in [1.165, 1.54) is 0 Å². The minimum Gasteiger partial charge on any atom is -0.380 e. The highest BCUT2D eigenvalue weighted by atomic mass is 79.9. The minimum atomic E-state index is -0.316. The van der Waals surface area contributed by atoms with E-state index in [4.69, 9.17) is 0 Å². The van der Waals surface area contributed by atoms with Gasteiger partial charge in [-0.2, -0.15) is 0 Å². The van der Waals surface area contributed by atoms with Crippen molar-refractivity contribution in [1.29, 1.82) is 0 Å². The Morgan fingerprint density at radius 2 is 1.67 bits per heavy atom. The van der Waals surface area contributed by atoms with Gasteiger partial charge in [0.1, 0.15) is 0 Å². The van der Waals surface area contributed by atoms with Gasteiger partial charge in [-0.05, 0) is 29.8 Å². The third-order valence-corrected chi connectivity index (χ3v) is 3.75. The molecule has 3 aromatic rings. The first-order valence-electron chi connectivity index (χ1n) is 6.37. The van der Waals surface area contributed by atoms with Gasteiger partial charge in [-0.3, -0.25) is 19.8 Å². The summed E-state index contributed by atoms with van der Waals surface area (Å²) >= 11 is 3.39. The Morgan fingerprint density at radius 3 is 2.43 bits per heavy atom. The van der Waals surface area contributed by atoms with E-state index in [9.17, 15) is 9.59 Å². The molecule has 6 heteroatoms. The van der Waals surface area contributed by atoms with Crippen LogP contribution in [0.4, 0.5) is 5.69 Å². The van der Waals surface area contributed by atoms with Gasteiger partial charge in [-0.15, -0.1) is 0 Å². The Kier molecular flexibility index (Phi) is 3.62. The molecule has 0 atom stereocenters. The number of halogens is 1. The molecule has 0 aliphatic carbocycles. The van der Waals surface area contributed by atoms with Crippen LogP contribution in [-0.2, 0) is 6.54 Å². The average Bonchev–Trinajstić information content (AvgIpc) is 2.50. The van der Waals surface area contributed by atoms with Crippen LogP contribution in [0, 0.1) is 0 Å². The number of fused-ring (bicyclic) bond motifs is 1. The number of hydrogen-bond acceptors (Lipinski definition) is 3. The molecule has 0 unspecified atom stereocenters. The molecule has 1 aromatic heterocycles. The van der Waals surface area contributed by atoms with Gasteiger partial charge in [0.05, 0.1) is 10.8 Å².